The van der Waals surface area contributed by atoms with Crippen LogP contribution in [0.25, 0.3) is 6.08 Å². The Hall–Kier alpha value is -2.79. The normalized spacial score (nSPS) is 12.1. The van der Waals surface area contributed by atoms with E-state index >= 15 is 0 Å². The Morgan fingerprint density at radius 3 is 2.50 bits per heavy atom. The van der Waals surface area contributed by atoms with Crippen molar-refractivity contribution in [3.63, 3.8) is 0 Å². The highest BCUT2D eigenvalue weighted by Gasteiger charge is 2.14. The Labute approximate surface area is 178 Å². The summed E-state index contributed by atoms with van der Waals surface area (Å²) in [6, 6.07) is 11.6. The molecule has 0 amide bonds. The summed E-state index contributed by atoms with van der Waals surface area (Å²) < 4.78 is 4.70. The zero-order valence-corrected chi connectivity index (χ0v) is 17.8. The van der Waals surface area contributed by atoms with E-state index in [0.29, 0.717) is 16.8 Å². The Balaban J connectivity index is 1.96. The Morgan fingerprint density at radius 2 is 1.73 bits per heavy atom. The number of aromatic nitrogens is 1. The standard InChI is InChI=1S/C25H31NO4/c1-3-4-5-6-7-8-14-22(27)17-16-21-13-10-15-23(26-21)24(28)19-11-9-12-20(18-19)25(29)30-2/h9-13,15-18,22,27H,3-8,14H2,1-2H3. The quantitative estimate of drug-likeness (QED) is 0.295. The largest absolute Gasteiger partial charge is 0.465 e. The van der Waals surface area contributed by atoms with Gasteiger partial charge in [0.1, 0.15) is 5.69 Å². The van der Waals surface area contributed by atoms with Crippen LogP contribution in [0.3, 0.4) is 0 Å². The lowest BCUT2D eigenvalue weighted by molar-refractivity contribution is 0.0600. The molecule has 5 nitrogen and oxygen atoms in total. The molecule has 0 radical (unpaired) electrons. The van der Waals surface area contributed by atoms with Gasteiger partial charge < -0.3 is 9.84 Å². The summed E-state index contributed by atoms with van der Waals surface area (Å²) in [5.41, 5.74) is 1.57. The lowest BCUT2D eigenvalue weighted by Crippen LogP contribution is -2.08. The third-order valence-corrected chi connectivity index (χ3v) is 4.89. The summed E-state index contributed by atoms with van der Waals surface area (Å²) in [5, 5.41) is 10.2. The first-order chi connectivity index (χ1) is 14.5. The highest BCUT2D eigenvalue weighted by molar-refractivity contribution is 6.08. The number of ketones is 1. The number of benzene rings is 1. The van der Waals surface area contributed by atoms with E-state index in [1.54, 1.807) is 48.6 Å². The summed E-state index contributed by atoms with van der Waals surface area (Å²) in [6.45, 7) is 2.20. The molecule has 0 saturated carbocycles. The van der Waals surface area contributed by atoms with Gasteiger partial charge in [-0.15, -0.1) is 0 Å². The highest BCUT2D eigenvalue weighted by Crippen LogP contribution is 2.14. The van der Waals surface area contributed by atoms with Crippen LogP contribution >= 0.6 is 0 Å². The molecule has 1 aromatic heterocycles. The summed E-state index contributed by atoms with van der Waals surface area (Å²) in [4.78, 5) is 28.8. The Bertz CT molecular complexity index is 860. The molecule has 1 aromatic carbocycles. The van der Waals surface area contributed by atoms with E-state index in [-0.39, 0.29) is 11.5 Å². The van der Waals surface area contributed by atoms with Crippen molar-refractivity contribution in [2.75, 3.05) is 7.11 Å². The number of esters is 1. The molecule has 30 heavy (non-hydrogen) atoms. The molecule has 1 N–H and O–H groups in total. The van der Waals surface area contributed by atoms with E-state index in [1.807, 2.05) is 0 Å². The topological polar surface area (TPSA) is 76.5 Å². The van der Waals surface area contributed by atoms with E-state index in [0.717, 1.165) is 19.3 Å². The molecule has 0 aliphatic heterocycles. The number of carbonyl (C=O) groups excluding carboxylic acids is 2. The van der Waals surface area contributed by atoms with Crippen molar-refractivity contribution in [2.45, 2.75) is 58.0 Å². The van der Waals surface area contributed by atoms with E-state index in [1.165, 1.54) is 38.9 Å². The molecule has 2 rings (SSSR count). The van der Waals surface area contributed by atoms with Crippen molar-refractivity contribution < 1.29 is 19.4 Å². The number of aliphatic hydroxyl groups excluding tert-OH is 1. The van der Waals surface area contributed by atoms with Gasteiger partial charge in [0.2, 0.25) is 5.78 Å². The van der Waals surface area contributed by atoms with E-state index in [4.69, 9.17) is 4.74 Å². The van der Waals surface area contributed by atoms with Gasteiger partial charge >= 0.3 is 5.97 Å². The summed E-state index contributed by atoms with van der Waals surface area (Å²) >= 11 is 0. The predicted molar refractivity (Wildman–Crippen MR) is 118 cm³/mol. The number of ether oxygens (including phenoxy) is 1. The van der Waals surface area contributed by atoms with Crippen molar-refractivity contribution in [1.29, 1.82) is 0 Å². The second-order valence-corrected chi connectivity index (χ2v) is 7.33. The van der Waals surface area contributed by atoms with E-state index in [2.05, 4.69) is 11.9 Å². The minimum absolute atomic E-state index is 0.274. The molecular weight excluding hydrogens is 378 g/mol. The average molecular weight is 410 g/mol. The summed E-state index contributed by atoms with van der Waals surface area (Å²) in [7, 11) is 1.30. The molecule has 0 bridgehead atoms. The number of pyridine rings is 1. The van der Waals surface area contributed by atoms with Crippen molar-refractivity contribution >= 4 is 17.8 Å². The molecule has 160 valence electrons. The summed E-state index contributed by atoms with van der Waals surface area (Å²) in [5.74, 6) is -0.766. The first-order valence-corrected chi connectivity index (χ1v) is 10.6. The average Bonchev–Trinajstić information content (AvgIpc) is 2.79. The molecule has 1 heterocycles. The maximum Gasteiger partial charge on any atom is 0.337 e. The molecular formula is C25H31NO4. The fourth-order valence-electron chi connectivity index (χ4n) is 3.16. The highest BCUT2D eigenvalue weighted by atomic mass is 16.5. The van der Waals surface area contributed by atoms with Crippen LogP contribution in [0.15, 0.2) is 48.5 Å². The monoisotopic (exact) mass is 409 g/mol. The van der Waals surface area contributed by atoms with Crippen LogP contribution in [-0.4, -0.2) is 35.1 Å². The van der Waals surface area contributed by atoms with E-state index < -0.39 is 12.1 Å². The first kappa shape index (κ1) is 23.5. The second kappa shape index (κ2) is 12.7. The molecule has 0 spiro atoms. The predicted octanol–water partition coefficient (Wildman–Crippen LogP) is 5.22. The molecule has 5 heteroatoms. The zero-order chi connectivity index (χ0) is 21.8. The van der Waals surface area contributed by atoms with Gasteiger partial charge in [-0.25, -0.2) is 9.78 Å². The van der Waals surface area contributed by atoms with Crippen molar-refractivity contribution in [3.05, 3.63) is 71.1 Å². The molecule has 0 fully saturated rings. The van der Waals surface area contributed by atoms with Gasteiger partial charge in [0.05, 0.1) is 24.5 Å². The minimum Gasteiger partial charge on any atom is -0.465 e. The second-order valence-electron chi connectivity index (χ2n) is 7.33. The van der Waals surface area contributed by atoms with Gasteiger partial charge in [-0.3, -0.25) is 4.79 Å². The minimum atomic E-state index is -0.519. The summed E-state index contributed by atoms with van der Waals surface area (Å²) in [6.07, 6.45) is 10.8. The number of carbonyl (C=O) groups is 2. The van der Waals surface area contributed by atoms with Crippen molar-refractivity contribution in [2.24, 2.45) is 0 Å². The molecule has 0 saturated heterocycles. The SMILES string of the molecule is CCCCCCCCC(O)C=Cc1cccc(C(=O)c2cccc(C(=O)OC)c2)n1. The van der Waals surface area contributed by atoms with Crippen molar-refractivity contribution in [3.8, 4) is 0 Å². The smallest absolute Gasteiger partial charge is 0.337 e. The zero-order valence-electron chi connectivity index (χ0n) is 17.8. The fourth-order valence-corrected chi connectivity index (χ4v) is 3.16. The number of hydrogen-bond acceptors (Lipinski definition) is 5. The van der Waals surface area contributed by atoms with Crippen LogP contribution in [0, 0.1) is 0 Å². The van der Waals surface area contributed by atoms with Gasteiger partial charge in [-0.05, 0) is 36.8 Å². The molecule has 0 aliphatic carbocycles. The van der Waals surface area contributed by atoms with Gasteiger partial charge in [0.15, 0.2) is 0 Å². The maximum atomic E-state index is 12.8. The molecule has 2 aromatic rings. The Morgan fingerprint density at radius 1 is 1.03 bits per heavy atom. The molecule has 1 unspecified atom stereocenters. The first-order valence-electron chi connectivity index (χ1n) is 10.6. The molecule has 0 aliphatic rings. The number of unbranched alkanes of at least 4 members (excludes halogenated alkanes) is 5. The van der Waals surface area contributed by atoms with Crippen LogP contribution in [0.4, 0.5) is 0 Å². The van der Waals surface area contributed by atoms with Crippen LogP contribution in [0.1, 0.15) is 84.0 Å². The van der Waals surface area contributed by atoms with E-state index in [9.17, 15) is 14.7 Å². The van der Waals surface area contributed by atoms with Crippen molar-refractivity contribution in [1.82, 2.24) is 4.98 Å². The third-order valence-electron chi connectivity index (χ3n) is 4.89. The van der Waals surface area contributed by atoms with Crippen LogP contribution in [-0.2, 0) is 4.74 Å². The lowest BCUT2D eigenvalue weighted by atomic mass is 10.0. The fraction of sp³-hybridized carbons (Fsp3) is 0.400. The Kier molecular flexibility index (Phi) is 9.95. The van der Waals surface area contributed by atoms with Gasteiger partial charge in [0.25, 0.3) is 0 Å². The number of hydrogen-bond donors (Lipinski definition) is 1. The number of rotatable bonds is 12. The number of nitrogens with zero attached hydrogens (tertiary/aromatic N) is 1. The van der Waals surface area contributed by atoms with Crippen LogP contribution in [0.5, 0.6) is 0 Å². The van der Waals surface area contributed by atoms with Gasteiger partial charge in [0, 0.05) is 5.56 Å². The number of methoxy groups -OCH3 is 1. The maximum absolute atomic E-state index is 12.8. The van der Waals surface area contributed by atoms with Gasteiger partial charge in [-0.1, -0.05) is 69.7 Å². The third kappa shape index (κ3) is 7.56. The van der Waals surface area contributed by atoms with Crippen LogP contribution < -0.4 is 0 Å². The molecule has 1 atom stereocenters. The van der Waals surface area contributed by atoms with Crippen LogP contribution in [0.2, 0.25) is 0 Å². The lowest BCUT2D eigenvalue weighted by Gasteiger charge is -2.06. The number of aliphatic hydroxyl groups is 1. The van der Waals surface area contributed by atoms with Gasteiger partial charge in [-0.2, -0.15) is 0 Å².